The minimum Gasteiger partial charge on any atom is -0.481 e. The number of piperidine rings is 1. The largest absolute Gasteiger partial charge is 0.481 e. The number of carboxylic acids is 1. The molecule has 0 radical (unpaired) electrons. The topological polar surface area (TPSA) is 66.6 Å². The molecule has 0 unspecified atom stereocenters. The van der Waals surface area contributed by atoms with Crippen LogP contribution < -0.4 is 0 Å². The van der Waals surface area contributed by atoms with E-state index in [0.717, 1.165) is 41.0 Å². The zero-order valence-electron chi connectivity index (χ0n) is 17.3. The van der Waals surface area contributed by atoms with E-state index in [4.69, 9.17) is 4.42 Å². The first-order valence-corrected chi connectivity index (χ1v) is 10.2. The second-order valence-electron chi connectivity index (χ2n) is 9.21. The zero-order chi connectivity index (χ0) is 20.6. The first-order valence-electron chi connectivity index (χ1n) is 10.2. The molecule has 4 rings (SSSR count). The minimum absolute atomic E-state index is 0.0781. The Kier molecular flexibility index (Phi) is 5.17. The molecule has 0 aliphatic carbocycles. The van der Waals surface area contributed by atoms with Gasteiger partial charge in [0.05, 0.1) is 24.4 Å². The van der Waals surface area contributed by atoms with Gasteiger partial charge in [-0.2, -0.15) is 0 Å². The van der Waals surface area contributed by atoms with Crippen molar-refractivity contribution in [1.29, 1.82) is 0 Å². The molecule has 1 N–H and O–H groups in total. The number of hydrogen-bond acceptors (Lipinski definition) is 4. The number of benzene rings is 1. The van der Waals surface area contributed by atoms with Crippen molar-refractivity contribution in [1.82, 2.24) is 9.88 Å². The van der Waals surface area contributed by atoms with Crippen molar-refractivity contribution in [3.05, 3.63) is 54.4 Å². The van der Waals surface area contributed by atoms with E-state index in [1.807, 2.05) is 36.4 Å². The van der Waals surface area contributed by atoms with Crippen LogP contribution in [-0.2, 0) is 11.3 Å². The summed E-state index contributed by atoms with van der Waals surface area (Å²) in [5.41, 5.74) is 2.83. The third kappa shape index (κ3) is 4.35. The van der Waals surface area contributed by atoms with Gasteiger partial charge in [-0.1, -0.05) is 51.1 Å². The number of aromatic nitrogens is 1. The summed E-state index contributed by atoms with van der Waals surface area (Å²) in [4.78, 5) is 18.4. The van der Waals surface area contributed by atoms with Crippen molar-refractivity contribution in [2.75, 3.05) is 13.1 Å². The Morgan fingerprint density at radius 2 is 1.97 bits per heavy atom. The number of aliphatic carboxylic acids is 1. The average molecular weight is 392 g/mol. The van der Waals surface area contributed by atoms with Crippen molar-refractivity contribution in [3.8, 4) is 11.3 Å². The Morgan fingerprint density at radius 3 is 2.66 bits per heavy atom. The summed E-state index contributed by atoms with van der Waals surface area (Å²) in [5.74, 6) is 0.160. The predicted octanol–water partition coefficient (Wildman–Crippen LogP) is 5.06. The Morgan fingerprint density at radius 1 is 1.21 bits per heavy atom. The molecule has 0 spiro atoms. The van der Waals surface area contributed by atoms with Crippen LogP contribution in [0.5, 0.6) is 0 Å². The van der Waals surface area contributed by atoms with Gasteiger partial charge < -0.3 is 9.52 Å². The Balaban J connectivity index is 1.56. The van der Waals surface area contributed by atoms with Gasteiger partial charge in [-0.05, 0) is 29.9 Å². The van der Waals surface area contributed by atoms with E-state index in [9.17, 15) is 9.90 Å². The maximum atomic E-state index is 11.7. The van der Waals surface area contributed by atoms with E-state index < -0.39 is 5.97 Å². The monoisotopic (exact) mass is 392 g/mol. The Bertz CT molecular complexity index is 1000. The lowest BCUT2D eigenvalue weighted by molar-refractivity contribution is -0.145. The molecule has 3 aromatic rings. The van der Waals surface area contributed by atoms with Gasteiger partial charge in [0, 0.05) is 24.0 Å². The van der Waals surface area contributed by atoms with Crippen molar-refractivity contribution in [3.63, 3.8) is 0 Å². The zero-order valence-corrected chi connectivity index (χ0v) is 17.3. The van der Waals surface area contributed by atoms with Crippen LogP contribution in [0.15, 0.2) is 53.1 Å². The molecule has 2 atom stereocenters. The number of carbonyl (C=O) groups is 1. The van der Waals surface area contributed by atoms with Crippen LogP contribution in [0.3, 0.4) is 0 Å². The normalized spacial score (nSPS) is 20.8. The summed E-state index contributed by atoms with van der Waals surface area (Å²) in [6.07, 6.45) is 2.51. The van der Waals surface area contributed by atoms with Crippen molar-refractivity contribution in [2.24, 2.45) is 17.3 Å². The average Bonchev–Trinajstić information content (AvgIpc) is 3.09. The number of likely N-dealkylation sites (tertiary alicyclic amines) is 1. The molecule has 1 fully saturated rings. The highest BCUT2D eigenvalue weighted by Gasteiger charge is 2.37. The lowest BCUT2D eigenvalue weighted by Gasteiger charge is -2.41. The molecule has 0 amide bonds. The highest BCUT2D eigenvalue weighted by molar-refractivity contribution is 5.81. The molecule has 5 heteroatoms. The van der Waals surface area contributed by atoms with E-state index >= 15 is 0 Å². The second-order valence-corrected chi connectivity index (χ2v) is 9.21. The number of hydrogen-bond donors (Lipinski definition) is 1. The molecular formula is C24H28N2O3. The highest BCUT2D eigenvalue weighted by atomic mass is 16.4. The molecule has 2 aromatic heterocycles. The molecule has 1 aliphatic heterocycles. The Labute approximate surface area is 171 Å². The summed E-state index contributed by atoms with van der Waals surface area (Å²) in [6.45, 7) is 8.64. The third-order valence-electron chi connectivity index (χ3n) is 6.00. The summed E-state index contributed by atoms with van der Waals surface area (Å²) in [6, 6.07) is 14.2. The summed E-state index contributed by atoms with van der Waals surface area (Å²) in [5, 5.41) is 10.6. The first kappa shape index (κ1) is 19.6. The molecule has 0 bridgehead atoms. The van der Waals surface area contributed by atoms with Gasteiger partial charge >= 0.3 is 5.97 Å². The van der Waals surface area contributed by atoms with Gasteiger partial charge in [-0.25, -0.2) is 0 Å². The van der Waals surface area contributed by atoms with Crippen LogP contribution in [0, 0.1) is 17.3 Å². The quantitative estimate of drug-likeness (QED) is 0.672. The standard InChI is InChI=1S/C24H28N2O3/c1-24(2,3)19-9-18(23(27)28)13-26(14-19)15-20-10-17-11-21(25-12-22(17)29-20)16-7-5-4-6-8-16/h4-8,10-12,18-19H,9,13-15H2,1-3H3,(H,27,28)/t18-,19-/m1/s1. The number of furan rings is 1. The molecule has 5 nitrogen and oxygen atoms in total. The van der Waals surface area contributed by atoms with Crippen LogP contribution in [0.1, 0.15) is 33.0 Å². The maximum absolute atomic E-state index is 11.7. The lowest BCUT2D eigenvalue weighted by Crippen LogP contribution is -2.46. The molecule has 0 saturated carbocycles. The highest BCUT2D eigenvalue weighted by Crippen LogP contribution is 2.36. The lowest BCUT2D eigenvalue weighted by atomic mass is 9.73. The van der Waals surface area contributed by atoms with E-state index in [0.29, 0.717) is 19.0 Å². The summed E-state index contributed by atoms with van der Waals surface area (Å²) >= 11 is 0. The van der Waals surface area contributed by atoms with E-state index in [1.54, 1.807) is 6.20 Å². The van der Waals surface area contributed by atoms with Gasteiger partial charge in [0.25, 0.3) is 0 Å². The number of rotatable bonds is 4. The number of nitrogens with zero attached hydrogens (tertiary/aromatic N) is 2. The van der Waals surface area contributed by atoms with Crippen LogP contribution >= 0.6 is 0 Å². The van der Waals surface area contributed by atoms with Gasteiger partial charge in [0.15, 0.2) is 5.58 Å². The van der Waals surface area contributed by atoms with E-state index in [2.05, 4.69) is 36.7 Å². The van der Waals surface area contributed by atoms with E-state index in [-0.39, 0.29) is 11.3 Å². The molecular weight excluding hydrogens is 364 g/mol. The van der Waals surface area contributed by atoms with Crippen LogP contribution in [0.2, 0.25) is 0 Å². The number of carboxylic acid groups (broad SMARTS) is 1. The molecule has 152 valence electrons. The molecule has 3 heterocycles. The molecule has 1 saturated heterocycles. The van der Waals surface area contributed by atoms with Crippen molar-refractivity contribution < 1.29 is 14.3 Å². The molecule has 29 heavy (non-hydrogen) atoms. The molecule has 1 aliphatic rings. The third-order valence-corrected chi connectivity index (χ3v) is 6.00. The fourth-order valence-electron chi connectivity index (χ4n) is 4.19. The fraction of sp³-hybridized carbons (Fsp3) is 0.417. The summed E-state index contributed by atoms with van der Waals surface area (Å²) in [7, 11) is 0. The molecule has 1 aromatic carbocycles. The maximum Gasteiger partial charge on any atom is 0.307 e. The first-order chi connectivity index (χ1) is 13.8. The van der Waals surface area contributed by atoms with Crippen LogP contribution in [-0.4, -0.2) is 34.0 Å². The van der Waals surface area contributed by atoms with Crippen LogP contribution in [0.25, 0.3) is 22.2 Å². The number of pyridine rings is 1. The van der Waals surface area contributed by atoms with Gasteiger partial charge in [0.1, 0.15) is 5.76 Å². The summed E-state index contributed by atoms with van der Waals surface area (Å²) < 4.78 is 6.03. The SMILES string of the molecule is CC(C)(C)[C@@H]1C[C@@H](C(=O)O)CN(Cc2cc3cc(-c4ccccc4)ncc3o2)C1. The van der Waals surface area contributed by atoms with E-state index in [1.165, 1.54) is 0 Å². The smallest absolute Gasteiger partial charge is 0.307 e. The van der Waals surface area contributed by atoms with Gasteiger partial charge in [-0.15, -0.1) is 0 Å². The van der Waals surface area contributed by atoms with Crippen molar-refractivity contribution in [2.45, 2.75) is 33.7 Å². The second kappa shape index (κ2) is 7.64. The predicted molar refractivity (Wildman–Crippen MR) is 113 cm³/mol. The van der Waals surface area contributed by atoms with Gasteiger partial charge in [-0.3, -0.25) is 14.7 Å². The minimum atomic E-state index is -0.703. The Hall–Kier alpha value is -2.66. The van der Waals surface area contributed by atoms with Crippen LogP contribution in [0.4, 0.5) is 0 Å². The fourth-order valence-corrected chi connectivity index (χ4v) is 4.19. The van der Waals surface area contributed by atoms with Gasteiger partial charge in [0.2, 0.25) is 0 Å². The number of fused-ring (bicyclic) bond motifs is 1. The van der Waals surface area contributed by atoms with Crippen molar-refractivity contribution >= 4 is 16.9 Å².